The monoisotopic (exact) mass is 162 g/mol. The number of hydrogen-bond donors (Lipinski definition) is 1. The predicted molar refractivity (Wildman–Crippen MR) is 51.9 cm³/mol. The lowest BCUT2D eigenvalue weighted by Crippen LogP contribution is -2.10. The maximum absolute atomic E-state index is 9.37. The Morgan fingerprint density at radius 2 is 2.17 bits per heavy atom. The van der Waals surface area contributed by atoms with Crippen molar-refractivity contribution in [2.45, 2.75) is 13.8 Å². The summed E-state index contributed by atoms with van der Waals surface area (Å²) in [5.74, 6) is 0.297. The van der Waals surface area contributed by atoms with Crippen LogP contribution in [0.3, 0.4) is 0 Å². The summed E-state index contributed by atoms with van der Waals surface area (Å²) in [6.45, 7) is 7.87. The number of allylic oxidation sites excluding steroid dienone is 6. The van der Waals surface area contributed by atoms with E-state index < -0.39 is 0 Å². The van der Waals surface area contributed by atoms with E-state index in [1.807, 2.05) is 32.1 Å². The second-order valence-corrected chi connectivity index (χ2v) is 3.35. The van der Waals surface area contributed by atoms with Gasteiger partial charge in [0.25, 0.3) is 0 Å². The summed E-state index contributed by atoms with van der Waals surface area (Å²) >= 11 is 0. The van der Waals surface area contributed by atoms with Crippen molar-refractivity contribution in [1.29, 1.82) is 0 Å². The summed E-state index contributed by atoms with van der Waals surface area (Å²) in [6, 6.07) is 0. The Hall–Kier alpha value is -1.24. The lowest BCUT2D eigenvalue weighted by molar-refractivity contribution is 0.421. The molecule has 0 aromatic carbocycles. The normalized spacial score (nSPS) is 28.0. The van der Waals surface area contributed by atoms with E-state index in [1.54, 1.807) is 12.2 Å². The average molecular weight is 162 g/mol. The largest absolute Gasteiger partial charge is 0.508 e. The Morgan fingerprint density at radius 1 is 1.50 bits per heavy atom. The van der Waals surface area contributed by atoms with Gasteiger partial charge in [-0.2, -0.15) is 0 Å². The van der Waals surface area contributed by atoms with Gasteiger partial charge in [0.15, 0.2) is 0 Å². The minimum atomic E-state index is -0.215. The van der Waals surface area contributed by atoms with Crippen LogP contribution in [-0.2, 0) is 0 Å². The highest BCUT2D eigenvalue weighted by Crippen LogP contribution is 2.31. The fourth-order valence-corrected chi connectivity index (χ4v) is 1.08. The fraction of sp³-hybridized carbons (Fsp3) is 0.273. The molecule has 64 valence electrons. The van der Waals surface area contributed by atoms with Crippen molar-refractivity contribution in [2.75, 3.05) is 0 Å². The van der Waals surface area contributed by atoms with Crippen LogP contribution in [0.25, 0.3) is 0 Å². The van der Waals surface area contributed by atoms with Gasteiger partial charge in [-0.25, -0.2) is 0 Å². The summed E-state index contributed by atoms with van der Waals surface area (Å²) < 4.78 is 0. The van der Waals surface area contributed by atoms with Gasteiger partial charge >= 0.3 is 0 Å². The van der Waals surface area contributed by atoms with E-state index in [0.29, 0.717) is 5.76 Å². The van der Waals surface area contributed by atoms with E-state index in [1.165, 1.54) is 0 Å². The molecule has 0 aromatic heterocycles. The Balaban J connectivity index is 3.07. The highest BCUT2D eigenvalue weighted by Gasteiger charge is 2.19. The van der Waals surface area contributed by atoms with Crippen LogP contribution in [0.15, 0.2) is 48.3 Å². The van der Waals surface area contributed by atoms with Crippen LogP contribution in [0.5, 0.6) is 0 Å². The van der Waals surface area contributed by atoms with Gasteiger partial charge in [0.1, 0.15) is 5.76 Å². The maximum atomic E-state index is 9.37. The van der Waals surface area contributed by atoms with E-state index >= 15 is 0 Å². The third-order valence-electron chi connectivity index (χ3n) is 2.19. The number of hydrogen-bond acceptors (Lipinski definition) is 1. The van der Waals surface area contributed by atoms with Crippen LogP contribution in [0.4, 0.5) is 0 Å². The quantitative estimate of drug-likeness (QED) is 0.587. The smallest absolute Gasteiger partial charge is 0.112 e. The van der Waals surface area contributed by atoms with Crippen LogP contribution in [0.1, 0.15) is 13.8 Å². The van der Waals surface area contributed by atoms with Gasteiger partial charge in [0.2, 0.25) is 0 Å². The van der Waals surface area contributed by atoms with Crippen molar-refractivity contribution in [2.24, 2.45) is 5.41 Å². The minimum Gasteiger partial charge on any atom is -0.508 e. The molecule has 0 saturated heterocycles. The Morgan fingerprint density at radius 3 is 2.75 bits per heavy atom. The number of aliphatic hydroxyl groups is 1. The van der Waals surface area contributed by atoms with Crippen molar-refractivity contribution >= 4 is 0 Å². The summed E-state index contributed by atoms with van der Waals surface area (Å²) in [7, 11) is 0. The Labute approximate surface area is 73.4 Å². The summed E-state index contributed by atoms with van der Waals surface area (Å²) in [5, 5.41) is 9.37. The van der Waals surface area contributed by atoms with Crippen LogP contribution in [-0.4, -0.2) is 5.11 Å². The molecule has 1 N–H and O–H groups in total. The zero-order valence-electron chi connectivity index (χ0n) is 7.54. The molecule has 0 radical (unpaired) electrons. The average Bonchev–Trinajstić information content (AvgIpc) is 2.12. The maximum Gasteiger partial charge on any atom is 0.112 e. The zero-order valence-corrected chi connectivity index (χ0v) is 7.54. The lowest BCUT2D eigenvalue weighted by atomic mass is 9.83. The minimum absolute atomic E-state index is 0.215. The zero-order chi connectivity index (χ0) is 9.19. The number of rotatable bonds is 1. The second kappa shape index (κ2) is 3.02. The summed E-state index contributed by atoms with van der Waals surface area (Å²) in [5.41, 5.74) is 0.808. The van der Waals surface area contributed by atoms with Gasteiger partial charge in [-0.05, 0) is 26.0 Å². The molecule has 1 aliphatic rings. The van der Waals surface area contributed by atoms with Gasteiger partial charge in [-0.3, -0.25) is 0 Å². The molecule has 0 aliphatic heterocycles. The first-order valence-corrected chi connectivity index (χ1v) is 3.98. The van der Waals surface area contributed by atoms with Crippen molar-refractivity contribution in [3.63, 3.8) is 0 Å². The first kappa shape index (κ1) is 8.85. The molecule has 12 heavy (non-hydrogen) atoms. The van der Waals surface area contributed by atoms with Gasteiger partial charge in [0, 0.05) is 5.41 Å². The summed E-state index contributed by atoms with van der Waals surface area (Å²) in [4.78, 5) is 0. The van der Waals surface area contributed by atoms with Crippen LogP contribution >= 0.6 is 0 Å². The first-order chi connectivity index (χ1) is 5.54. The van der Waals surface area contributed by atoms with E-state index in [9.17, 15) is 5.11 Å². The van der Waals surface area contributed by atoms with Gasteiger partial charge in [-0.1, -0.05) is 30.4 Å². The Bertz CT molecular complexity index is 281. The van der Waals surface area contributed by atoms with Gasteiger partial charge < -0.3 is 5.11 Å². The van der Waals surface area contributed by atoms with E-state index in [4.69, 9.17) is 0 Å². The van der Waals surface area contributed by atoms with Gasteiger partial charge in [-0.15, -0.1) is 0 Å². The van der Waals surface area contributed by atoms with Crippen molar-refractivity contribution in [3.05, 3.63) is 48.3 Å². The molecule has 1 atom stereocenters. The molecule has 1 nitrogen and oxygen atoms in total. The molecule has 1 unspecified atom stereocenters. The topological polar surface area (TPSA) is 20.2 Å². The molecule has 1 rings (SSSR count). The highest BCUT2D eigenvalue weighted by molar-refractivity contribution is 5.33. The second-order valence-electron chi connectivity index (χ2n) is 3.35. The van der Waals surface area contributed by atoms with E-state index in [0.717, 1.165) is 5.57 Å². The molecule has 0 bridgehead atoms. The predicted octanol–water partition coefficient (Wildman–Crippen LogP) is 3.14. The molecule has 0 aromatic rings. The molecule has 1 heteroatoms. The van der Waals surface area contributed by atoms with E-state index in [-0.39, 0.29) is 5.41 Å². The molecule has 0 spiro atoms. The van der Waals surface area contributed by atoms with Crippen LogP contribution in [0.2, 0.25) is 0 Å². The van der Waals surface area contributed by atoms with Crippen molar-refractivity contribution < 1.29 is 5.11 Å². The van der Waals surface area contributed by atoms with Crippen LogP contribution in [0, 0.1) is 5.41 Å². The molecule has 0 heterocycles. The standard InChI is InChI=1S/C11H14O/c1-9(2)11(3)7-5-4-6-10(12)8-11/h4-8,12H,1H2,2-3H3. The summed E-state index contributed by atoms with van der Waals surface area (Å²) in [6.07, 6.45) is 9.24. The lowest BCUT2D eigenvalue weighted by Gasteiger charge is -2.21. The number of aliphatic hydroxyl groups excluding tert-OH is 1. The first-order valence-electron chi connectivity index (χ1n) is 3.98. The third kappa shape index (κ3) is 1.67. The van der Waals surface area contributed by atoms with E-state index in [2.05, 4.69) is 6.58 Å². The molecule has 0 fully saturated rings. The molecule has 1 aliphatic carbocycles. The van der Waals surface area contributed by atoms with Crippen LogP contribution < -0.4 is 0 Å². The highest BCUT2D eigenvalue weighted by atomic mass is 16.3. The molecule has 0 amide bonds. The SMILES string of the molecule is C=C(C)C1(C)C=CC=CC(O)=C1. The molecule has 0 saturated carbocycles. The van der Waals surface area contributed by atoms with Gasteiger partial charge in [0.05, 0.1) is 0 Å². The van der Waals surface area contributed by atoms with Crippen molar-refractivity contribution in [3.8, 4) is 0 Å². The third-order valence-corrected chi connectivity index (χ3v) is 2.19. The molecular formula is C11H14O. The van der Waals surface area contributed by atoms with Crippen molar-refractivity contribution in [1.82, 2.24) is 0 Å². The molecular weight excluding hydrogens is 148 g/mol. The Kier molecular flexibility index (Phi) is 2.22. The fourth-order valence-electron chi connectivity index (χ4n) is 1.08.